The third-order valence-corrected chi connectivity index (χ3v) is 6.36. The molecule has 1 amide bonds. The van der Waals surface area contributed by atoms with Crippen LogP contribution in [0.15, 0.2) is 16.7 Å². The van der Waals surface area contributed by atoms with Crippen LogP contribution in [0.1, 0.15) is 55.3 Å². The summed E-state index contributed by atoms with van der Waals surface area (Å²) in [6.07, 6.45) is 5.74. The summed E-state index contributed by atoms with van der Waals surface area (Å²) >= 11 is 0. The van der Waals surface area contributed by atoms with Gasteiger partial charge in [-0.15, -0.1) is 0 Å². The number of carboxylic acid groups (broad SMARTS) is 1. The molecular formula is C22H31N3O5. The van der Waals surface area contributed by atoms with Gasteiger partial charge < -0.3 is 29.7 Å². The molecule has 30 heavy (non-hydrogen) atoms. The Hall–Kier alpha value is -2.16. The van der Waals surface area contributed by atoms with Crippen molar-refractivity contribution in [1.82, 2.24) is 10.1 Å². The van der Waals surface area contributed by atoms with Gasteiger partial charge in [0.15, 0.2) is 11.9 Å². The molecule has 0 bridgehead atoms. The Morgan fingerprint density at radius 1 is 1.27 bits per heavy atom. The number of nitrogens with two attached hydrogens (primary N) is 1. The minimum absolute atomic E-state index is 0.168. The highest BCUT2D eigenvalue weighted by Gasteiger charge is 2.23. The fourth-order valence-electron chi connectivity index (χ4n) is 4.45. The van der Waals surface area contributed by atoms with E-state index in [0.717, 1.165) is 79.3 Å². The van der Waals surface area contributed by atoms with Crippen molar-refractivity contribution in [3.05, 3.63) is 29.0 Å². The summed E-state index contributed by atoms with van der Waals surface area (Å²) in [6.45, 7) is 2.79. The average molecular weight is 418 g/mol. The zero-order chi connectivity index (χ0) is 20.9. The highest BCUT2D eigenvalue weighted by molar-refractivity contribution is 5.83. The average Bonchev–Trinajstić information content (AvgIpc) is 3.20. The molecule has 2 fully saturated rings. The predicted molar refractivity (Wildman–Crippen MR) is 111 cm³/mol. The summed E-state index contributed by atoms with van der Waals surface area (Å²) < 4.78 is 17.4. The van der Waals surface area contributed by atoms with Crippen LogP contribution in [-0.2, 0) is 29.0 Å². The van der Waals surface area contributed by atoms with Crippen molar-refractivity contribution < 1.29 is 23.9 Å². The van der Waals surface area contributed by atoms with Crippen LogP contribution in [-0.4, -0.2) is 47.2 Å². The minimum atomic E-state index is -0.819. The molecule has 1 aromatic heterocycles. The van der Waals surface area contributed by atoms with Gasteiger partial charge in [0.2, 0.25) is 0 Å². The topological polar surface area (TPSA) is 111 Å². The van der Waals surface area contributed by atoms with Crippen molar-refractivity contribution in [3.8, 4) is 0 Å². The number of amides is 1. The predicted octanol–water partition coefficient (Wildman–Crippen LogP) is 3.65. The summed E-state index contributed by atoms with van der Waals surface area (Å²) in [5.74, 6) is 0.516. The van der Waals surface area contributed by atoms with Crippen molar-refractivity contribution in [3.63, 3.8) is 0 Å². The molecule has 3 N–H and O–H groups in total. The zero-order valence-electron chi connectivity index (χ0n) is 17.3. The molecule has 0 saturated carbocycles. The molecule has 2 saturated heterocycles. The number of piperidine rings is 1. The highest BCUT2D eigenvalue weighted by atomic mass is 16.7. The van der Waals surface area contributed by atoms with Gasteiger partial charge in [-0.1, -0.05) is 11.2 Å². The van der Waals surface area contributed by atoms with Crippen LogP contribution in [0.25, 0.3) is 11.0 Å². The quantitative estimate of drug-likeness (QED) is 0.707. The summed E-state index contributed by atoms with van der Waals surface area (Å²) in [4.78, 5) is 12.6. The molecule has 0 aliphatic carbocycles. The molecule has 2 aromatic rings. The molecule has 1 aromatic carbocycles. The Labute approximate surface area is 176 Å². The molecule has 2 aliphatic rings. The smallest absolute Gasteiger partial charge is 0.407 e. The van der Waals surface area contributed by atoms with E-state index in [2.05, 4.69) is 5.16 Å². The molecule has 8 nitrogen and oxygen atoms in total. The molecule has 0 spiro atoms. The number of hydrogen-bond acceptors (Lipinski definition) is 6. The second-order valence-electron chi connectivity index (χ2n) is 8.27. The first-order chi connectivity index (χ1) is 14.7. The number of aromatic nitrogens is 1. The molecule has 1 atom stereocenters. The van der Waals surface area contributed by atoms with Crippen molar-refractivity contribution in [2.45, 2.75) is 64.4 Å². The van der Waals surface area contributed by atoms with Crippen LogP contribution in [0, 0.1) is 5.92 Å². The first-order valence-corrected chi connectivity index (χ1v) is 11.0. The highest BCUT2D eigenvalue weighted by Crippen LogP contribution is 2.30. The van der Waals surface area contributed by atoms with Crippen LogP contribution >= 0.6 is 0 Å². The van der Waals surface area contributed by atoms with Crippen LogP contribution in [0.2, 0.25) is 0 Å². The summed E-state index contributed by atoms with van der Waals surface area (Å²) in [5, 5.41) is 14.5. The maximum absolute atomic E-state index is 11.1. The third-order valence-electron chi connectivity index (χ3n) is 6.36. The van der Waals surface area contributed by atoms with Crippen molar-refractivity contribution in [1.29, 1.82) is 0 Å². The van der Waals surface area contributed by atoms with E-state index in [9.17, 15) is 4.79 Å². The van der Waals surface area contributed by atoms with E-state index in [1.165, 1.54) is 4.90 Å². The maximum atomic E-state index is 11.1. The first-order valence-electron chi connectivity index (χ1n) is 11.0. The van der Waals surface area contributed by atoms with Crippen molar-refractivity contribution in [2.75, 3.05) is 19.7 Å². The second kappa shape index (κ2) is 9.76. The standard InChI is InChI=1S/C22H31N3O5/c23-13-16-5-6-17-19(7-4-15-8-10-25(11-9-15)22(26)27)24-30-21(17)18(16)14-29-20-3-1-2-12-28-20/h5-6,15,20H,1-4,7-14,23H2,(H,26,27). The number of hydrogen-bond donors (Lipinski definition) is 2. The number of carbonyl (C=O) groups is 1. The number of nitrogens with zero attached hydrogens (tertiary/aromatic N) is 2. The molecule has 164 valence electrons. The Kier molecular flexibility index (Phi) is 6.86. The lowest BCUT2D eigenvalue weighted by atomic mass is 9.91. The van der Waals surface area contributed by atoms with E-state index in [-0.39, 0.29) is 6.29 Å². The van der Waals surface area contributed by atoms with Crippen LogP contribution < -0.4 is 5.73 Å². The van der Waals surface area contributed by atoms with E-state index < -0.39 is 6.09 Å². The third kappa shape index (κ3) is 4.77. The van der Waals surface area contributed by atoms with E-state index in [0.29, 0.717) is 32.2 Å². The molecule has 2 aliphatic heterocycles. The summed E-state index contributed by atoms with van der Waals surface area (Å²) in [7, 11) is 0. The first kappa shape index (κ1) is 21.1. The van der Waals surface area contributed by atoms with Gasteiger partial charge in [-0.2, -0.15) is 0 Å². The summed E-state index contributed by atoms with van der Waals surface area (Å²) in [5.41, 5.74) is 9.61. The van der Waals surface area contributed by atoms with Gasteiger partial charge >= 0.3 is 6.09 Å². The lowest BCUT2D eigenvalue weighted by Gasteiger charge is -2.29. The molecule has 0 radical (unpaired) electrons. The van der Waals surface area contributed by atoms with Crippen LogP contribution in [0.3, 0.4) is 0 Å². The number of rotatable bonds is 7. The second-order valence-corrected chi connectivity index (χ2v) is 8.27. The number of aryl methyl sites for hydroxylation is 1. The van der Waals surface area contributed by atoms with Gasteiger partial charge in [0.1, 0.15) is 0 Å². The SMILES string of the molecule is NCc1ccc2c(CCC3CCN(C(=O)O)CC3)noc2c1COC1CCCCO1. The van der Waals surface area contributed by atoms with E-state index in [4.69, 9.17) is 24.8 Å². The molecule has 3 heterocycles. The zero-order valence-corrected chi connectivity index (χ0v) is 17.3. The van der Waals surface area contributed by atoms with Gasteiger partial charge in [-0.25, -0.2) is 4.79 Å². The largest absolute Gasteiger partial charge is 0.465 e. The maximum Gasteiger partial charge on any atom is 0.407 e. The van der Waals surface area contributed by atoms with Gasteiger partial charge in [0.25, 0.3) is 0 Å². The fourth-order valence-corrected chi connectivity index (χ4v) is 4.45. The van der Waals surface area contributed by atoms with E-state index in [1.807, 2.05) is 12.1 Å². The number of likely N-dealkylation sites (tertiary alicyclic amines) is 1. The van der Waals surface area contributed by atoms with Crippen LogP contribution in [0.5, 0.6) is 0 Å². The summed E-state index contributed by atoms with van der Waals surface area (Å²) in [6, 6.07) is 4.08. The number of benzene rings is 1. The lowest BCUT2D eigenvalue weighted by Crippen LogP contribution is -2.37. The number of ether oxygens (including phenoxy) is 2. The molecule has 1 unspecified atom stereocenters. The lowest BCUT2D eigenvalue weighted by molar-refractivity contribution is -0.168. The Balaban J connectivity index is 1.42. The Morgan fingerprint density at radius 3 is 2.80 bits per heavy atom. The Bertz CT molecular complexity index is 854. The molecule has 8 heteroatoms. The molecule has 4 rings (SSSR count). The van der Waals surface area contributed by atoms with Gasteiger partial charge in [0, 0.05) is 37.2 Å². The molecular weight excluding hydrogens is 386 g/mol. The number of fused-ring (bicyclic) bond motifs is 1. The van der Waals surface area contributed by atoms with Crippen molar-refractivity contribution in [2.24, 2.45) is 11.7 Å². The van der Waals surface area contributed by atoms with E-state index >= 15 is 0 Å². The Morgan fingerprint density at radius 2 is 2.10 bits per heavy atom. The van der Waals surface area contributed by atoms with Crippen molar-refractivity contribution >= 4 is 17.1 Å². The van der Waals surface area contributed by atoms with Gasteiger partial charge in [-0.3, -0.25) is 0 Å². The van der Waals surface area contributed by atoms with E-state index in [1.54, 1.807) is 0 Å². The normalized spacial score (nSPS) is 20.7. The van der Waals surface area contributed by atoms with Crippen LogP contribution in [0.4, 0.5) is 4.79 Å². The van der Waals surface area contributed by atoms with Gasteiger partial charge in [0.05, 0.1) is 12.3 Å². The monoisotopic (exact) mass is 417 g/mol. The van der Waals surface area contributed by atoms with Gasteiger partial charge in [-0.05, 0) is 62.5 Å². The fraction of sp³-hybridized carbons (Fsp3) is 0.636. The minimum Gasteiger partial charge on any atom is -0.465 e.